The molecule has 4 heterocycles. The van der Waals surface area contributed by atoms with Gasteiger partial charge in [-0.3, -0.25) is 9.69 Å². The molecule has 2 aliphatic heterocycles. The molecule has 30 heavy (non-hydrogen) atoms. The number of aromatic nitrogens is 2. The molecule has 3 aromatic rings. The molecule has 2 aromatic heterocycles. The molecule has 0 amide bonds. The van der Waals surface area contributed by atoms with Crippen molar-refractivity contribution in [1.82, 2.24) is 15.1 Å². The summed E-state index contributed by atoms with van der Waals surface area (Å²) in [5, 5.41) is 35.0. The number of hydrogen-bond donors (Lipinski definition) is 3. The number of nitrogens with zero attached hydrogens (tertiary/aromatic N) is 3. The molecule has 3 N–H and O–H groups in total. The minimum absolute atomic E-state index is 0.0500. The summed E-state index contributed by atoms with van der Waals surface area (Å²) >= 11 is 1.58. The van der Waals surface area contributed by atoms with Gasteiger partial charge in [0, 0.05) is 39.4 Å². The van der Waals surface area contributed by atoms with Gasteiger partial charge < -0.3 is 20.3 Å². The first kappa shape index (κ1) is 19.2. The Balaban J connectivity index is 1.44. The zero-order chi connectivity index (χ0) is 20.7. The molecule has 0 spiro atoms. The molecule has 1 atom stereocenters. The van der Waals surface area contributed by atoms with E-state index in [-0.39, 0.29) is 18.3 Å². The van der Waals surface area contributed by atoms with Gasteiger partial charge in [0.2, 0.25) is 0 Å². The average Bonchev–Trinajstić information content (AvgIpc) is 3.39. The molecule has 0 aliphatic carbocycles. The number of rotatable bonds is 5. The zero-order valence-electron chi connectivity index (χ0n) is 16.3. The average molecular weight is 426 g/mol. The van der Waals surface area contributed by atoms with Gasteiger partial charge in [0.1, 0.15) is 11.4 Å². The van der Waals surface area contributed by atoms with Crippen molar-refractivity contribution < 1.29 is 19.7 Å². The number of phenols is 1. The lowest BCUT2D eigenvalue weighted by Gasteiger charge is -2.32. The number of fused-ring (bicyclic) bond motifs is 2. The number of aromatic hydroxyl groups is 1. The van der Waals surface area contributed by atoms with E-state index in [4.69, 9.17) is 9.84 Å². The van der Waals surface area contributed by atoms with Crippen molar-refractivity contribution in [3.63, 3.8) is 0 Å². The van der Waals surface area contributed by atoms with Gasteiger partial charge >= 0.3 is 5.97 Å². The first-order chi connectivity index (χ1) is 14.6. The monoisotopic (exact) mass is 426 g/mol. The standard InChI is InChI=1S/C21H22N4O4S/c26-18(27)9-25-6-1-2-12(8-25)22-21-16-11-29-10-15(16)19(23-24-21)14-3-4-17-13(20(14)28)5-7-30-17/h3-5,7,12,28H,1-2,6,8-11H2,(H,22,24)(H,26,27)/t12-/m1/s1. The fourth-order valence-electron chi connectivity index (χ4n) is 4.33. The number of benzene rings is 1. The summed E-state index contributed by atoms with van der Waals surface area (Å²) in [6, 6.07) is 5.89. The highest BCUT2D eigenvalue weighted by Crippen LogP contribution is 2.41. The second-order valence-electron chi connectivity index (χ2n) is 7.75. The summed E-state index contributed by atoms with van der Waals surface area (Å²) in [6.45, 7) is 2.36. The maximum Gasteiger partial charge on any atom is 0.317 e. The van der Waals surface area contributed by atoms with Crippen LogP contribution in [0.4, 0.5) is 5.82 Å². The Bertz CT molecular complexity index is 1120. The van der Waals surface area contributed by atoms with E-state index in [2.05, 4.69) is 15.5 Å². The molecule has 0 saturated carbocycles. The minimum Gasteiger partial charge on any atom is -0.507 e. The van der Waals surface area contributed by atoms with Crippen molar-refractivity contribution in [1.29, 1.82) is 0 Å². The van der Waals surface area contributed by atoms with Crippen LogP contribution in [0.15, 0.2) is 23.6 Å². The van der Waals surface area contributed by atoms with Gasteiger partial charge in [-0.15, -0.1) is 21.5 Å². The molecule has 1 aromatic carbocycles. The summed E-state index contributed by atoms with van der Waals surface area (Å²) < 4.78 is 6.73. The predicted molar refractivity (Wildman–Crippen MR) is 114 cm³/mol. The Morgan fingerprint density at radius 3 is 3.00 bits per heavy atom. The van der Waals surface area contributed by atoms with Crippen molar-refractivity contribution in [3.8, 4) is 17.0 Å². The highest BCUT2D eigenvalue weighted by Gasteiger charge is 2.27. The number of carbonyl (C=O) groups is 1. The highest BCUT2D eigenvalue weighted by atomic mass is 32.1. The van der Waals surface area contributed by atoms with Crippen LogP contribution in [0.1, 0.15) is 24.0 Å². The number of anilines is 1. The molecular formula is C21H22N4O4S. The van der Waals surface area contributed by atoms with Crippen LogP contribution in [0.2, 0.25) is 0 Å². The molecule has 1 fully saturated rings. The van der Waals surface area contributed by atoms with Crippen LogP contribution in [0.25, 0.3) is 21.3 Å². The number of carboxylic acids is 1. The molecule has 5 rings (SSSR count). The van der Waals surface area contributed by atoms with Crippen molar-refractivity contribution in [2.24, 2.45) is 0 Å². The number of thiophene rings is 1. The number of likely N-dealkylation sites (tertiary alicyclic amines) is 1. The number of ether oxygens (including phenoxy) is 1. The lowest BCUT2D eigenvalue weighted by molar-refractivity contribution is -0.138. The maximum atomic E-state index is 11.0. The second-order valence-corrected chi connectivity index (χ2v) is 8.70. The summed E-state index contributed by atoms with van der Waals surface area (Å²) in [6.07, 6.45) is 1.88. The molecule has 1 saturated heterocycles. The van der Waals surface area contributed by atoms with Crippen molar-refractivity contribution in [2.45, 2.75) is 32.1 Å². The van der Waals surface area contributed by atoms with Crippen LogP contribution in [-0.2, 0) is 22.7 Å². The molecule has 0 radical (unpaired) electrons. The second kappa shape index (κ2) is 7.82. The topological polar surface area (TPSA) is 108 Å². The van der Waals surface area contributed by atoms with Crippen LogP contribution in [0.5, 0.6) is 5.75 Å². The van der Waals surface area contributed by atoms with Gasteiger partial charge in [-0.25, -0.2) is 0 Å². The van der Waals surface area contributed by atoms with Gasteiger partial charge in [-0.2, -0.15) is 0 Å². The van der Waals surface area contributed by atoms with Gasteiger partial charge in [0.15, 0.2) is 5.82 Å². The van der Waals surface area contributed by atoms with E-state index in [0.29, 0.717) is 36.8 Å². The minimum atomic E-state index is -0.809. The molecule has 156 valence electrons. The summed E-state index contributed by atoms with van der Waals surface area (Å²) in [4.78, 5) is 13.0. The van der Waals surface area contributed by atoms with E-state index >= 15 is 0 Å². The van der Waals surface area contributed by atoms with Crippen molar-refractivity contribution in [2.75, 3.05) is 25.0 Å². The molecule has 0 bridgehead atoms. The van der Waals surface area contributed by atoms with E-state index in [1.807, 2.05) is 28.5 Å². The molecular weight excluding hydrogens is 404 g/mol. The van der Waals surface area contributed by atoms with Crippen LogP contribution in [0.3, 0.4) is 0 Å². The number of carboxylic acid groups (broad SMARTS) is 1. The Hall–Kier alpha value is -2.75. The third kappa shape index (κ3) is 3.49. The van der Waals surface area contributed by atoms with Crippen LogP contribution >= 0.6 is 11.3 Å². The first-order valence-corrected chi connectivity index (χ1v) is 10.8. The maximum absolute atomic E-state index is 11.0. The summed E-state index contributed by atoms with van der Waals surface area (Å²) in [5.41, 5.74) is 3.21. The largest absolute Gasteiger partial charge is 0.507 e. The van der Waals surface area contributed by atoms with Crippen LogP contribution in [-0.4, -0.2) is 57.0 Å². The van der Waals surface area contributed by atoms with Gasteiger partial charge in [-0.1, -0.05) is 0 Å². The number of hydrogen-bond acceptors (Lipinski definition) is 8. The van der Waals surface area contributed by atoms with Crippen LogP contribution < -0.4 is 5.32 Å². The summed E-state index contributed by atoms with van der Waals surface area (Å²) in [7, 11) is 0. The number of aliphatic carboxylic acids is 1. The van der Waals surface area contributed by atoms with E-state index in [9.17, 15) is 9.90 Å². The van der Waals surface area contributed by atoms with Crippen LogP contribution in [0, 0.1) is 0 Å². The fraction of sp³-hybridized carbons (Fsp3) is 0.381. The third-order valence-electron chi connectivity index (χ3n) is 5.75. The lowest BCUT2D eigenvalue weighted by atomic mass is 10.0. The van der Waals surface area contributed by atoms with E-state index in [1.54, 1.807) is 11.3 Å². The Morgan fingerprint density at radius 2 is 2.13 bits per heavy atom. The zero-order valence-corrected chi connectivity index (χ0v) is 17.1. The van der Waals surface area contributed by atoms with Gasteiger partial charge in [0.25, 0.3) is 0 Å². The van der Waals surface area contributed by atoms with Crippen molar-refractivity contribution >= 4 is 33.2 Å². The van der Waals surface area contributed by atoms with Crippen molar-refractivity contribution in [3.05, 3.63) is 34.7 Å². The molecule has 8 nitrogen and oxygen atoms in total. The molecule has 9 heteroatoms. The third-order valence-corrected chi connectivity index (χ3v) is 6.63. The first-order valence-electron chi connectivity index (χ1n) is 9.96. The Labute approximate surface area is 177 Å². The van der Waals surface area contributed by atoms with E-state index in [1.165, 1.54) is 0 Å². The smallest absolute Gasteiger partial charge is 0.317 e. The summed E-state index contributed by atoms with van der Waals surface area (Å²) in [5.74, 6) is 0.0930. The van der Waals surface area contributed by atoms with E-state index < -0.39 is 5.97 Å². The number of phenolic OH excluding ortho intramolecular Hbond substituents is 1. The van der Waals surface area contributed by atoms with Gasteiger partial charge in [0.05, 0.1) is 19.8 Å². The Kier molecular flexibility index (Phi) is 5.01. The molecule has 0 unspecified atom stereocenters. The number of nitrogens with one attached hydrogen (secondary N) is 1. The molecule has 2 aliphatic rings. The lowest BCUT2D eigenvalue weighted by Crippen LogP contribution is -2.44. The predicted octanol–water partition coefficient (Wildman–Crippen LogP) is 3.06. The number of piperidine rings is 1. The quantitative estimate of drug-likeness (QED) is 0.571. The Morgan fingerprint density at radius 1 is 1.27 bits per heavy atom. The van der Waals surface area contributed by atoms with Gasteiger partial charge in [-0.05, 0) is 43.0 Å². The normalized spacial score (nSPS) is 19.1. The SMILES string of the molecule is O=C(O)CN1CCC[C@@H](Nc2nnc(-c3ccc4sccc4c3O)c3c2COC3)C1. The van der Waals surface area contributed by atoms with E-state index in [0.717, 1.165) is 40.6 Å². The fourth-order valence-corrected chi connectivity index (χ4v) is 5.12. The highest BCUT2D eigenvalue weighted by molar-refractivity contribution is 7.17.